The Hall–Kier alpha value is -1.73. The molecule has 0 saturated carbocycles. The smallest absolute Gasteiger partial charge is 0.408 e. The molecule has 0 bridgehead atoms. The number of carbonyl (C=O) groups excluding carboxylic acids is 1. The minimum Gasteiger partial charge on any atom is -0.408 e. The van der Waals surface area contributed by atoms with Crippen LogP contribution >= 0.6 is 0 Å². The molecule has 0 aliphatic rings. The Bertz CT molecular complexity index is 470. The van der Waals surface area contributed by atoms with Crippen LogP contribution in [0.25, 0.3) is 0 Å². The first kappa shape index (κ1) is 11.3. The number of carbonyl (C=O) groups is 1. The molecule has 0 spiro atoms. The number of nitrogens with zero attached hydrogens (tertiary/aromatic N) is 1. The number of benzene rings is 1. The van der Waals surface area contributed by atoms with Crippen molar-refractivity contribution in [3.05, 3.63) is 29.8 Å². The average Bonchev–Trinajstić information content (AvgIpc) is 2.17. The first-order chi connectivity index (χ1) is 7.11. The second-order valence-electron chi connectivity index (χ2n) is 2.52. The van der Waals surface area contributed by atoms with Crippen LogP contribution < -0.4 is 10.5 Å². The molecule has 2 N–H and O–H groups in total. The third kappa shape index (κ3) is 3.88. The van der Waals surface area contributed by atoms with Gasteiger partial charge in [-0.2, -0.15) is 8.42 Å². The minimum absolute atomic E-state index is 0.214. The summed E-state index contributed by atoms with van der Waals surface area (Å²) < 4.78 is 27.3. The molecule has 80 valence electrons. The van der Waals surface area contributed by atoms with Gasteiger partial charge in [0.2, 0.25) is 0 Å². The number of rotatable bonds is 2. The van der Waals surface area contributed by atoms with E-state index < -0.39 is 16.6 Å². The van der Waals surface area contributed by atoms with E-state index in [2.05, 4.69) is 9.10 Å². The lowest BCUT2D eigenvalue weighted by Crippen LogP contribution is -2.02. The van der Waals surface area contributed by atoms with Crippen molar-refractivity contribution in [3.8, 4) is 5.75 Å². The lowest BCUT2D eigenvalue weighted by molar-refractivity contribution is 0.212. The van der Waals surface area contributed by atoms with Crippen LogP contribution in [0.15, 0.2) is 28.6 Å². The number of nitrogens with two attached hydrogens (primary N) is 1. The van der Waals surface area contributed by atoms with Crippen molar-refractivity contribution in [1.29, 1.82) is 0 Å². The van der Waals surface area contributed by atoms with E-state index in [9.17, 15) is 13.2 Å². The standard InChI is InChI=1S/C8H8N2O4S/c9-5-6-1-3-7(4-2-6)14-8(11)10-15(12)13/h1-4H,5,9H2. The summed E-state index contributed by atoms with van der Waals surface area (Å²) in [6.45, 7) is 0.378. The first-order valence-corrected chi connectivity index (χ1v) is 4.97. The molecule has 15 heavy (non-hydrogen) atoms. The molecular formula is C8H8N2O4S. The zero-order valence-corrected chi connectivity index (χ0v) is 8.40. The quantitative estimate of drug-likeness (QED) is 0.803. The van der Waals surface area contributed by atoms with Crippen LogP contribution in [0.2, 0.25) is 0 Å². The van der Waals surface area contributed by atoms with Crippen molar-refractivity contribution < 1.29 is 17.9 Å². The van der Waals surface area contributed by atoms with Crippen LogP contribution in [0.3, 0.4) is 0 Å². The van der Waals surface area contributed by atoms with Crippen molar-refractivity contribution in [2.24, 2.45) is 10.1 Å². The van der Waals surface area contributed by atoms with Crippen molar-refractivity contribution in [1.82, 2.24) is 0 Å². The highest BCUT2D eigenvalue weighted by Gasteiger charge is 2.02. The lowest BCUT2D eigenvalue weighted by atomic mass is 10.2. The van der Waals surface area contributed by atoms with Crippen LogP contribution in [-0.4, -0.2) is 14.5 Å². The highest BCUT2D eigenvalue weighted by atomic mass is 32.2. The Balaban J connectivity index is 2.73. The fourth-order valence-corrected chi connectivity index (χ4v) is 1.03. The lowest BCUT2D eigenvalue weighted by Gasteiger charge is -2.00. The van der Waals surface area contributed by atoms with Crippen molar-refractivity contribution >= 4 is 16.6 Å². The second-order valence-corrected chi connectivity index (χ2v) is 3.14. The number of hydrogen-bond acceptors (Lipinski definition) is 5. The average molecular weight is 228 g/mol. The number of amides is 1. The summed E-state index contributed by atoms with van der Waals surface area (Å²) in [7, 11) is -2.79. The Morgan fingerprint density at radius 2 is 1.93 bits per heavy atom. The van der Waals surface area contributed by atoms with Crippen LogP contribution in [0.5, 0.6) is 5.75 Å². The van der Waals surface area contributed by atoms with Crippen molar-refractivity contribution in [3.63, 3.8) is 0 Å². The third-order valence-corrected chi connectivity index (χ3v) is 1.81. The molecule has 1 aromatic rings. The van der Waals surface area contributed by atoms with Crippen LogP contribution in [0.1, 0.15) is 5.56 Å². The predicted octanol–water partition coefficient (Wildman–Crippen LogP) is 0.707. The van der Waals surface area contributed by atoms with E-state index in [-0.39, 0.29) is 5.75 Å². The summed E-state index contributed by atoms with van der Waals surface area (Å²) in [5.74, 6) is 0.214. The van der Waals surface area contributed by atoms with E-state index in [1.165, 1.54) is 12.1 Å². The molecule has 1 aromatic carbocycles. The molecule has 0 aliphatic carbocycles. The summed E-state index contributed by atoms with van der Waals surface area (Å²) in [4.78, 5) is 10.8. The van der Waals surface area contributed by atoms with Gasteiger partial charge in [0.25, 0.3) is 0 Å². The fraction of sp³-hybridized carbons (Fsp3) is 0.125. The third-order valence-electron chi connectivity index (χ3n) is 1.51. The monoisotopic (exact) mass is 228 g/mol. The van der Waals surface area contributed by atoms with Gasteiger partial charge in [-0.25, -0.2) is 4.79 Å². The molecule has 6 nitrogen and oxygen atoms in total. The highest BCUT2D eigenvalue weighted by Crippen LogP contribution is 2.12. The van der Waals surface area contributed by atoms with Gasteiger partial charge in [-0.1, -0.05) is 16.5 Å². The molecule has 0 heterocycles. The molecule has 7 heteroatoms. The largest absolute Gasteiger partial charge is 0.454 e. The first-order valence-electron chi connectivity index (χ1n) is 3.94. The van der Waals surface area contributed by atoms with Gasteiger partial charge in [-0.05, 0) is 17.7 Å². The van der Waals surface area contributed by atoms with E-state index >= 15 is 0 Å². The van der Waals surface area contributed by atoms with Gasteiger partial charge in [0.15, 0.2) is 0 Å². The summed E-state index contributed by atoms with van der Waals surface area (Å²) in [5, 5.41) is 0. The summed E-state index contributed by atoms with van der Waals surface area (Å²) in [6.07, 6.45) is -1.18. The van der Waals surface area contributed by atoms with Gasteiger partial charge in [-0.3, -0.25) is 0 Å². The van der Waals surface area contributed by atoms with Gasteiger partial charge in [0, 0.05) is 6.54 Å². The van der Waals surface area contributed by atoms with E-state index in [0.717, 1.165) is 5.56 Å². The topological polar surface area (TPSA) is 98.8 Å². The summed E-state index contributed by atoms with van der Waals surface area (Å²) >= 11 is 0. The molecule has 0 aliphatic heterocycles. The molecule has 1 amide bonds. The van der Waals surface area contributed by atoms with Gasteiger partial charge in [-0.15, -0.1) is 0 Å². The van der Waals surface area contributed by atoms with E-state index in [1.807, 2.05) is 0 Å². The Morgan fingerprint density at radius 3 is 2.40 bits per heavy atom. The Kier molecular flexibility index (Phi) is 3.95. The molecule has 0 saturated heterocycles. The SMILES string of the molecule is NCc1ccc(OC(=O)N=S(=O)=O)cc1. The second kappa shape index (κ2) is 5.23. The van der Waals surface area contributed by atoms with Crippen molar-refractivity contribution in [2.75, 3.05) is 0 Å². The zero-order chi connectivity index (χ0) is 11.3. The molecule has 0 fully saturated rings. The van der Waals surface area contributed by atoms with Gasteiger partial charge in [0.05, 0.1) is 0 Å². The minimum atomic E-state index is -2.79. The maximum atomic E-state index is 10.8. The number of hydrogen-bond donors (Lipinski definition) is 1. The molecule has 0 radical (unpaired) electrons. The van der Waals surface area contributed by atoms with Crippen LogP contribution in [0.4, 0.5) is 4.79 Å². The molecule has 0 aromatic heterocycles. The van der Waals surface area contributed by atoms with Crippen LogP contribution in [0, 0.1) is 0 Å². The predicted molar refractivity (Wildman–Crippen MR) is 51.7 cm³/mol. The maximum absolute atomic E-state index is 10.8. The van der Waals surface area contributed by atoms with Crippen molar-refractivity contribution in [2.45, 2.75) is 6.54 Å². The Morgan fingerprint density at radius 1 is 1.33 bits per heavy atom. The maximum Gasteiger partial charge on any atom is 0.454 e. The van der Waals surface area contributed by atoms with E-state index in [1.54, 1.807) is 12.1 Å². The fourth-order valence-electron chi connectivity index (χ4n) is 0.874. The molecule has 0 atom stereocenters. The number of ether oxygens (including phenoxy) is 1. The summed E-state index contributed by atoms with van der Waals surface area (Å²) in [6, 6.07) is 6.33. The molecule has 0 unspecified atom stereocenters. The molecule has 1 rings (SSSR count). The molecular weight excluding hydrogens is 220 g/mol. The van der Waals surface area contributed by atoms with Gasteiger partial charge in [0.1, 0.15) is 5.75 Å². The van der Waals surface area contributed by atoms with Gasteiger partial charge >= 0.3 is 16.6 Å². The van der Waals surface area contributed by atoms with Gasteiger partial charge < -0.3 is 10.5 Å². The Labute approximate surface area is 87.4 Å². The zero-order valence-electron chi connectivity index (χ0n) is 7.58. The highest BCUT2D eigenvalue weighted by molar-refractivity contribution is 7.62. The van der Waals surface area contributed by atoms with E-state index in [4.69, 9.17) is 5.73 Å². The van der Waals surface area contributed by atoms with E-state index in [0.29, 0.717) is 6.54 Å². The summed E-state index contributed by atoms with van der Waals surface area (Å²) in [5.41, 5.74) is 6.23. The normalized spacial score (nSPS) is 9.40. The van der Waals surface area contributed by atoms with Crippen LogP contribution in [-0.2, 0) is 17.0 Å².